The Hall–Kier alpha value is 0.0343. The number of fused-ring (bicyclic) bond motifs is 1. The predicted molar refractivity (Wildman–Crippen MR) is 114 cm³/mol. The Morgan fingerprint density at radius 2 is 1.64 bits per heavy atom. The van der Waals surface area contributed by atoms with Crippen LogP contribution in [-0.4, -0.2) is 13.3 Å². The molecule has 1 aliphatic rings. The van der Waals surface area contributed by atoms with Gasteiger partial charge in [-0.05, 0) is 13.3 Å². The van der Waals surface area contributed by atoms with Gasteiger partial charge in [0, 0.05) is 0 Å². The first-order valence-electron chi connectivity index (χ1n) is 8.23. The van der Waals surface area contributed by atoms with Crippen LogP contribution >= 0.6 is 26.5 Å². The zero-order chi connectivity index (χ0) is 19.2. The van der Waals surface area contributed by atoms with E-state index in [2.05, 4.69) is 90.4 Å². The van der Waals surface area contributed by atoms with E-state index in [0.29, 0.717) is 0 Å². The zero-order valence-electron chi connectivity index (χ0n) is 16.2. The molecule has 2 aromatic carbocycles. The van der Waals surface area contributed by atoms with Crippen molar-refractivity contribution in [3.63, 3.8) is 0 Å². The number of halogens is 2. The van der Waals surface area contributed by atoms with Gasteiger partial charge in [-0.2, -0.15) is 17.2 Å². The van der Waals surface area contributed by atoms with Crippen molar-refractivity contribution in [3.05, 3.63) is 59.2 Å². The van der Waals surface area contributed by atoms with Crippen molar-refractivity contribution in [1.29, 1.82) is 0 Å². The van der Waals surface area contributed by atoms with Gasteiger partial charge in [-0.3, -0.25) is 6.08 Å². The second-order valence-corrected chi connectivity index (χ2v) is 11.8. The van der Waals surface area contributed by atoms with Gasteiger partial charge in [-0.1, -0.05) is 39.2 Å². The molecule has 2 aromatic rings. The van der Waals surface area contributed by atoms with Gasteiger partial charge in [0.15, 0.2) is 0 Å². The van der Waals surface area contributed by atoms with Crippen LogP contribution in [0.1, 0.15) is 34.6 Å². The molecule has 0 saturated carbocycles. The summed E-state index contributed by atoms with van der Waals surface area (Å²) in [7, 11) is 9.84. The molecule has 0 heterocycles. The van der Waals surface area contributed by atoms with E-state index in [1.807, 2.05) is 0 Å². The molecule has 1 aliphatic carbocycles. The predicted octanol–water partition coefficient (Wildman–Crippen LogP) is 7.41. The average molecular weight is 429 g/mol. The average Bonchev–Trinajstić information content (AvgIpc) is 3.05. The molecule has 0 saturated heterocycles. The van der Waals surface area contributed by atoms with Gasteiger partial charge in [-0.25, -0.2) is 5.57 Å². The third-order valence-electron chi connectivity index (χ3n) is 4.68. The second kappa shape index (κ2) is 10.4. The van der Waals surface area contributed by atoms with Crippen LogP contribution in [0.5, 0.6) is 0 Å². The van der Waals surface area contributed by atoms with Crippen LogP contribution in [0, 0.1) is 11.5 Å². The molecule has 25 heavy (non-hydrogen) atoms. The number of rotatable bonds is 1. The van der Waals surface area contributed by atoms with E-state index in [1.54, 1.807) is 0 Å². The van der Waals surface area contributed by atoms with Crippen LogP contribution in [-0.2, 0) is 17.0 Å². The fraction of sp³-hybridized carbons (Fsp3) is 0.381. The fourth-order valence-electron chi connectivity index (χ4n) is 2.80. The van der Waals surface area contributed by atoms with Gasteiger partial charge < -0.3 is 0 Å². The summed E-state index contributed by atoms with van der Waals surface area (Å²) in [6.07, 6.45) is 3.44. The fourth-order valence-corrected chi connectivity index (χ4v) is 3.59. The van der Waals surface area contributed by atoms with Crippen LogP contribution in [0.3, 0.4) is 0 Å². The van der Waals surface area contributed by atoms with Gasteiger partial charge in [-0.15, -0.1) is 55.2 Å². The van der Waals surface area contributed by atoms with E-state index < -0.39 is 17.0 Å². The summed E-state index contributed by atoms with van der Waals surface area (Å²) in [5, 5.41) is 4.26. The maximum absolute atomic E-state index is 4.89. The standard InChI is InChI=1S/C11H12P.C10H15.2ClH.Ti/c1-12(2)11-7-9-5-3-4-6-10(9)8-11;1-7-6-10(4,5)9(3)8(7)2;;;/h3-8H,1-2H3;1-5H3;2*1H;/q2*-1;;;+2/p-2. The third-order valence-corrected chi connectivity index (χ3v) is 5.97. The summed E-state index contributed by atoms with van der Waals surface area (Å²) in [5.74, 6) is 0. The first-order chi connectivity index (χ1) is 11.6. The van der Waals surface area contributed by atoms with E-state index in [0.717, 1.165) is 0 Å². The Balaban J connectivity index is 0.000000220. The van der Waals surface area contributed by atoms with E-state index in [1.165, 1.54) is 32.8 Å². The van der Waals surface area contributed by atoms with E-state index in [9.17, 15) is 0 Å². The molecule has 0 fully saturated rings. The van der Waals surface area contributed by atoms with Crippen molar-refractivity contribution in [2.75, 3.05) is 13.3 Å². The van der Waals surface area contributed by atoms with Crippen LogP contribution in [0.4, 0.5) is 0 Å². The molecule has 0 aromatic heterocycles. The minimum atomic E-state index is -0.556. The molecular weight excluding hydrogens is 402 g/mol. The topological polar surface area (TPSA) is 0 Å². The molecule has 136 valence electrons. The van der Waals surface area contributed by atoms with Gasteiger partial charge >= 0.3 is 35.6 Å². The summed E-state index contributed by atoms with van der Waals surface area (Å²) >= 11 is -0.556. The molecule has 0 nitrogen and oxygen atoms in total. The summed E-state index contributed by atoms with van der Waals surface area (Å²) in [4.78, 5) is 0. The number of allylic oxidation sites excluding steroid dienone is 4. The SMILES string of the molecule is CC1=[C-]C(C)(C)C(C)=C1C.CP(C)c1cc2ccccc2[cH-]1.[Cl][Ti][Cl]. The van der Waals surface area contributed by atoms with Crippen molar-refractivity contribution in [2.24, 2.45) is 5.41 Å². The number of hydrogen-bond donors (Lipinski definition) is 0. The normalized spacial score (nSPS) is 15.4. The number of hydrogen-bond acceptors (Lipinski definition) is 0. The van der Waals surface area contributed by atoms with Gasteiger partial charge in [0.05, 0.1) is 0 Å². The quantitative estimate of drug-likeness (QED) is 0.252. The Morgan fingerprint density at radius 1 is 1.08 bits per heavy atom. The van der Waals surface area contributed by atoms with Crippen LogP contribution in [0.25, 0.3) is 10.8 Å². The van der Waals surface area contributed by atoms with Gasteiger partial charge in [0.2, 0.25) is 0 Å². The van der Waals surface area contributed by atoms with Gasteiger partial charge in [0.25, 0.3) is 0 Å². The van der Waals surface area contributed by atoms with Crippen LogP contribution in [0.15, 0.2) is 53.1 Å². The van der Waals surface area contributed by atoms with Crippen molar-refractivity contribution in [2.45, 2.75) is 34.6 Å². The number of benzene rings is 1. The van der Waals surface area contributed by atoms with Crippen molar-refractivity contribution >= 4 is 42.6 Å². The molecule has 0 amide bonds. The van der Waals surface area contributed by atoms with Crippen molar-refractivity contribution < 1.29 is 17.0 Å². The summed E-state index contributed by atoms with van der Waals surface area (Å²) in [6.45, 7) is 15.5. The molecule has 0 radical (unpaired) electrons. The molecule has 0 spiro atoms. The molecule has 0 aliphatic heterocycles. The molecule has 0 atom stereocenters. The van der Waals surface area contributed by atoms with E-state index >= 15 is 0 Å². The summed E-state index contributed by atoms with van der Waals surface area (Å²) in [5.41, 5.74) is 4.39. The minimum absolute atomic E-state index is 0.0576. The second-order valence-electron chi connectivity index (χ2n) is 6.93. The zero-order valence-corrected chi connectivity index (χ0v) is 20.1. The molecular formula is C21H27Cl2PTi-2. The molecule has 0 unspecified atom stereocenters. The van der Waals surface area contributed by atoms with Crippen molar-refractivity contribution in [1.82, 2.24) is 0 Å². The first-order valence-corrected chi connectivity index (χ1v) is 14.8. The van der Waals surface area contributed by atoms with E-state index in [4.69, 9.17) is 18.6 Å². The summed E-state index contributed by atoms with van der Waals surface area (Å²) in [6, 6.07) is 13.2. The summed E-state index contributed by atoms with van der Waals surface area (Å²) < 4.78 is 0. The Morgan fingerprint density at radius 3 is 2.00 bits per heavy atom. The third kappa shape index (κ3) is 6.60. The molecule has 4 heteroatoms. The van der Waals surface area contributed by atoms with Crippen LogP contribution < -0.4 is 5.30 Å². The van der Waals surface area contributed by atoms with Crippen molar-refractivity contribution in [3.8, 4) is 0 Å². The maximum atomic E-state index is 4.89. The first kappa shape index (κ1) is 23.1. The monoisotopic (exact) mass is 428 g/mol. The molecule has 3 rings (SSSR count). The van der Waals surface area contributed by atoms with E-state index in [-0.39, 0.29) is 13.3 Å². The Kier molecular flexibility index (Phi) is 9.59. The molecule has 0 N–H and O–H groups in total. The Labute approximate surface area is 171 Å². The Bertz CT molecular complexity index is 721. The van der Waals surface area contributed by atoms with Crippen LogP contribution in [0.2, 0.25) is 0 Å². The molecule has 0 bridgehead atoms. The van der Waals surface area contributed by atoms with Gasteiger partial charge in [0.1, 0.15) is 0 Å².